The van der Waals surface area contributed by atoms with Gasteiger partial charge in [-0.3, -0.25) is 9.10 Å². The van der Waals surface area contributed by atoms with Crippen molar-refractivity contribution in [3.8, 4) is 0 Å². The number of hydrogen-bond acceptors (Lipinski definition) is 7. The molecular formula is C26H24BrN5O5S2. The Kier molecular flexibility index (Phi) is 8.33. The van der Waals surface area contributed by atoms with Crippen LogP contribution in [0.25, 0.3) is 0 Å². The lowest BCUT2D eigenvalue weighted by Gasteiger charge is -2.24. The van der Waals surface area contributed by atoms with Gasteiger partial charge in [0.2, 0.25) is 11.9 Å². The van der Waals surface area contributed by atoms with Gasteiger partial charge in [0.05, 0.1) is 15.5 Å². The van der Waals surface area contributed by atoms with Gasteiger partial charge in [0.1, 0.15) is 6.54 Å². The van der Waals surface area contributed by atoms with Gasteiger partial charge < -0.3 is 5.32 Å². The summed E-state index contributed by atoms with van der Waals surface area (Å²) >= 11 is 3.33. The van der Waals surface area contributed by atoms with Gasteiger partial charge in [-0.15, -0.1) is 0 Å². The topological polar surface area (TPSA) is 138 Å². The van der Waals surface area contributed by atoms with Gasteiger partial charge >= 0.3 is 0 Å². The Morgan fingerprint density at radius 3 is 2.08 bits per heavy atom. The van der Waals surface area contributed by atoms with Crippen molar-refractivity contribution < 1.29 is 21.6 Å². The van der Waals surface area contributed by atoms with E-state index in [-0.39, 0.29) is 21.4 Å². The van der Waals surface area contributed by atoms with Crippen molar-refractivity contribution in [2.24, 2.45) is 0 Å². The van der Waals surface area contributed by atoms with Crippen molar-refractivity contribution in [2.45, 2.75) is 23.6 Å². The van der Waals surface area contributed by atoms with E-state index in [9.17, 15) is 21.6 Å². The van der Waals surface area contributed by atoms with Crippen LogP contribution in [-0.4, -0.2) is 39.3 Å². The second kappa shape index (κ2) is 11.5. The number of hydrogen-bond donors (Lipinski definition) is 2. The Bertz CT molecular complexity index is 1700. The molecule has 0 fully saturated rings. The van der Waals surface area contributed by atoms with E-state index in [1.165, 1.54) is 42.6 Å². The maximum atomic E-state index is 13.5. The number of carbonyl (C=O) groups excluding carboxylic acids is 1. The number of aryl methyl sites for hydroxylation is 2. The SMILES string of the molecule is Cc1ccc(S(=O)(=O)N(CC(=O)Nc2ccc(S(=O)(=O)Nc3nccc(C)n3)cc2)c2ccc(Br)cc2)cc1. The van der Waals surface area contributed by atoms with Crippen LogP contribution in [0.15, 0.2) is 99.3 Å². The minimum Gasteiger partial charge on any atom is -0.325 e. The third kappa shape index (κ3) is 6.99. The minimum atomic E-state index is -4.07. The van der Waals surface area contributed by atoms with E-state index in [1.807, 2.05) is 6.92 Å². The molecule has 0 radical (unpaired) electrons. The Hall–Kier alpha value is -3.81. The van der Waals surface area contributed by atoms with E-state index in [0.29, 0.717) is 11.4 Å². The van der Waals surface area contributed by atoms with Crippen LogP contribution in [0.3, 0.4) is 0 Å². The highest BCUT2D eigenvalue weighted by atomic mass is 79.9. The van der Waals surface area contributed by atoms with Crippen LogP contribution in [0.2, 0.25) is 0 Å². The Balaban J connectivity index is 1.52. The molecule has 1 aromatic heterocycles. The fraction of sp³-hybridized carbons (Fsp3) is 0.115. The largest absolute Gasteiger partial charge is 0.325 e. The van der Waals surface area contributed by atoms with Crippen LogP contribution in [0.5, 0.6) is 0 Å². The van der Waals surface area contributed by atoms with Gasteiger partial charge in [-0.2, -0.15) is 0 Å². The number of carbonyl (C=O) groups is 1. The normalized spacial score (nSPS) is 11.6. The van der Waals surface area contributed by atoms with Crippen molar-refractivity contribution in [3.05, 3.63) is 101 Å². The number of benzene rings is 3. The molecule has 1 amide bonds. The second-order valence-electron chi connectivity index (χ2n) is 8.50. The van der Waals surface area contributed by atoms with Gasteiger partial charge in [0, 0.05) is 22.1 Å². The fourth-order valence-corrected chi connectivity index (χ4v) is 6.12. The molecule has 0 bridgehead atoms. The van der Waals surface area contributed by atoms with Crippen LogP contribution in [-0.2, 0) is 24.8 Å². The van der Waals surface area contributed by atoms with Gasteiger partial charge in [-0.05, 0) is 80.6 Å². The third-order valence-electron chi connectivity index (χ3n) is 5.48. The van der Waals surface area contributed by atoms with Gasteiger partial charge in [0.15, 0.2) is 0 Å². The average Bonchev–Trinajstić information content (AvgIpc) is 2.88. The van der Waals surface area contributed by atoms with E-state index < -0.39 is 32.5 Å². The molecule has 2 N–H and O–H groups in total. The number of aromatic nitrogens is 2. The maximum absolute atomic E-state index is 13.5. The molecule has 4 rings (SSSR count). The van der Waals surface area contributed by atoms with Crippen molar-refractivity contribution in [1.82, 2.24) is 9.97 Å². The highest BCUT2D eigenvalue weighted by molar-refractivity contribution is 9.10. The van der Waals surface area contributed by atoms with Gasteiger partial charge in [0.25, 0.3) is 20.0 Å². The summed E-state index contributed by atoms with van der Waals surface area (Å²) in [6.07, 6.45) is 1.44. The van der Waals surface area contributed by atoms with Crippen molar-refractivity contribution in [1.29, 1.82) is 0 Å². The Morgan fingerprint density at radius 1 is 0.846 bits per heavy atom. The molecule has 4 aromatic rings. The van der Waals surface area contributed by atoms with Crippen molar-refractivity contribution >= 4 is 59.2 Å². The molecule has 1 heterocycles. The molecule has 0 saturated carbocycles. The molecule has 0 unspecified atom stereocenters. The van der Waals surface area contributed by atoms with Gasteiger partial charge in [-0.1, -0.05) is 33.6 Å². The Morgan fingerprint density at radius 2 is 1.46 bits per heavy atom. The third-order valence-corrected chi connectivity index (χ3v) is 9.14. The quantitative estimate of drug-likeness (QED) is 0.278. The van der Waals surface area contributed by atoms with Crippen molar-refractivity contribution in [3.63, 3.8) is 0 Å². The molecule has 0 spiro atoms. The van der Waals surface area contributed by atoms with E-state index in [1.54, 1.807) is 49.4 Å². The molecule has 13 heteroatoms. The summed E-state index contributed by atoms with van der Waals surface area (Å²) in [6.45, 7) is 3.05. The first-order chi connectivity index (χ1) is 18.4. The maximum Gasteiger partial charge on any atom is 0.264 e. The van der Waals surface area contributed by atoms with Crippen molar-refractivity contribution in [2.75, 3.05) is 20.9 Å². The summed E-state index contributed by atoms with van der Waals surface area (Å²) < 4.78 is 56.4. The smallest absolute Gasteiger partial charge is 0.264 e. The summed E-state index contributed by atoms with van der Waals surface area (Å²) in [5.41, 5.74) is 2.09. The molecule has 0 atom stereocenters. The number of halogens is 1. The first-order valence-corrected chi connectivity index (χ1v) is 15.2. The summed E-state index contributed by atoms with van der Waals surface area (Å²) in [7, 11) is -8.04. The number of amides is 1. The van der Waals surface area contributed by atoms with Crippen LogP contribution < -0.4 is 14.3 Å². The molecule has 10 nitrogen and oxygen atoms in total. The molecular weight excluding hydrogens is 606 g/mol. The highest BCUT2D eigenvalue weighted by Gasteiger charge is 2.27. The van der Waals surface area contributed by atoms with E-state index in [0.717, 1.165) is 14.3 Å². The van der Waals surface area contributed by atoms with Crippen LogP contribution >= 0.6 is 15.9 Å². The van der Waals surface area contributed by atoms with E-state index >= 15 is 0 Å². The number of nitrogens with one attached hydrogen (secondary N) is 2. The zero-order chi connectivity index (χ0) is 28.2. The minimum absolute atomic E-state index is 0.0449. The first-order valence-electron chi connectivity index (χ1n) is 11.5. The lowest BCUT2D eigenvalue weighted by Crippen LogP contribution is -2.38. The highest BCUT2D eigenvalue weighted by Crippen LogP contribution is 2.26. The summed E-state index contributed by atoms with van der Waals surface area (Å²) in [5.74, 6) is -0.675. The monoisotopic (exact) mass is 629 g/mol. The summed E-state index contributed by atoms with van der Waals surface area (Å²) in [4.78, 5) is 20.9. The molecule has 0 saturated heterocycles. The van der Waals surface area contributed by atoms with E-state index in [2.05, 4.69) is 35.9 Å². The van der Waals surface area contributed by atoms with Gasteiger partial charge in [-0.25, -0.2) is 31.5 Å². The molecule has 3 aromatic carbocycles. The van der Waals surface area contributed by atoms with Crippen LogP contribution in [0, 0.1) is 13.8 Å². The van der Waals surface area contributed by atoms with Crippen LogP contribution in [0.1, 0.15) is 11.3 Å². The van der Waals surface area contributed by atoms with E-state index in [4.69, 9.17) is 0 Å². The summed E-state index contributed by atoms with van der Waals surface area (Å²) in [6, 6.07) is 20.0. The van der Waals surface area contributed by atoms with Crippen LogP contribution in [0.4, 0.5) is 17.3 Å². The molecule has 39 heavy (non-hydrogen) atoms. The molecule has 0 aliphatic carbocycles. The molecule has 202 valence electrons. The standard InChI is InChI=1S/C26H24BrN5O5S2/c1-18-3-11-24(12-4-18)39(36,37)32(22-9-5-20(27)6-10-22)17-25(33)30-21-7-13-23(14-8-21)38(34,35)31-26-28-16-15-19(2)29-26/h3-16H,17H2,1-2H3,(H,30,33)(H,28,29,31). The summed E-state index contributed by atoms with van der Waals surface area (Å²) in [5, 5.41) is 2.63. The average molecular weight is 631 g/mol. The lowest BCUT2D eigenvalue weighted by molar-refractivity contribution is -0.114. The predicted molar refractivity (Wildman–Crippen MR) is 153 cm³/mol. The number of nitrogens with zero attached hydrogens (tertiary/aromatic N) is 3. The number of rotatable bonds is 9. The zero-order valence-corrected chi connectivity index (χ0v) is 24.1. The molecule has 0 aliphatic heterocycles. The second-order valence-corrected chi connectivity index (χ2v) is 13.0. The fourth-order valence-electron chi connectivity index (χ4n) is 3.49. The predicted octanol–water partition coefficient (Wildman–Crippen LogP) is 4.49. The lowest BCUT2D eigenvalue weighted by atomic mass is 10.2. The zero-order valence-electron chi connectivity index (χ0n) is 20.9. The first kappa shape index (κ1) is 28.2. The number of anilines is 3. The molecule has 0 aliphatic rings. The number of sulfonamides is 2. The Labute approximate surface area is 235 Å².